The fourth-order valence-electron chi connectivity index (χ4n) is 3.18. The molecule has 4 rings (SSSR count). The number of rotatable bonds is 5. The molecule has 0 bridgehead atoms. The summed E-state index contributed by atoms with van der Waals surface area (Å²) in [5.41, 5.74) is -1.15. The van der Waals surface area contributed by atoms with Crippen molar-refractivity contribution in [2.45, 2.75) is 6.54 Å². The Morgan fingerprint density at radius 1 is 1.10 bits per heavy atom. The number of ether oxygens (including phenoxy) is 1. The lowest BCUT2D eigenvalue weighted by atomic mass is 10.3. The van der Waals surface area contributed by atoms with E-state index in [1.807, 2.05) is 0 Å². The van der Waals surface area contributed by atoms with Crippen LogP contribution in [0.3, 0.4) is 0 Å². The highest BCUT2D eigenvalue weighted by Crippen LogP contribution is 2.19. The maximum Gasteiger partial charge on any atom is 0.336 e. The molecule has 1 amide bonds. The van der Waals surface area contributed by atoms with Crippen molar-refractivity contribution in [2.75, 3.05) is 12.4 Å². The summed E-state index contributed by atoms with van der Waals surface area (Å²) in [7, 11) is 1.49. The monoisotopic (exact) mass is 443 g/mol. The molecule has 4 aromatic rings. The van der Waals surface area contributed by atoms with Crippen molar-refractivity contribution in [3.63, 3.8) is 0 Å². The first kappa shape index (κ1) is 20.5. The molecule has 0 saturated carbocycles. The molecule has 0 radical (unpaired) electrons. The average molecular weight is 443 g/mol. The third kappa shape index (κ3) is 3.97. The van der Waals surface area contributed by atoms with Crippen molar-refractivity contribution < 1.29 is 18.3 Å². The molecule has 2 heterocycles. The minimum absolute atomic E-state index is 0.179. The number of benzene rings is 2. The van der Waals surface area contributed by atoms with Crippen LogP contribution in [0.2, 0.25) is 0 Å². The van der Waals surface area contributed by atoms with Gasteiger partial charge in [-0.2, -0.15) is 0 Å². The van der Waals surface area contributed by atoms with Gasteiger partial charge in [-0.05, 0) is 35.7 Å². The second kappa shape index (κ2) is 8.15. The maximum atomic E-state index is 13.7. The van der Waals surface area contributed by atoms with Crippen LogP contribution in [-0.2, 0) is 11.3 Å². The van der Waals surface area contributed by atoms with Crippen molar-refractivity contribution in [1.29, 1.82) is 0 Å². The summed E-state index contributed by atoms with van der Waals surface area (Å²) in [5.74, 6) is -1.86. The molecule has 158 valence electrons. The lowest BCUT2D eigenvalue weighted by molar-refractivity contribution is -0.116. The van der Waals surface area contributed by atoms with E-state index in [-0.39, 0.29) is 15.9 Å². The van der Waals surface area contributed by atoms with E-state index in [0.29, 0.717) is 22.1 Å². The van der Waals surface area contributed by atoms with Crippen molar-refractivity contribution in [2.24, 2.45) is 0 Å². The number of fused-ring (bicyclic) bond motifs is 1. The summed E-state index contributed by atoms with van der Waals surface area (Å²) in [6.45, 7) is -0.415. The molecule has 0 aliphatic carbocycles. The van der Waals surface area contributed by atoms with E-state index < -0.39 is 35.3 Å². The second-order valence-corrected chi connectivity index (χ2v) is 7.47. The lowest BCUT2D eigenvalue weighted by Gasteiger charge is -2.13. The second-order valence-electron chi connectivity index (χ2n) is 6.55. The Morgan fingerprint density at radius 3 is 2.55 bits per heavy atom. The van der Waals surface area contributed by atoms with Crippen molar-refractivity contribution in [3.8, 4) is 11.4 Å². The number of amides is 1. The lowest BCUT2D eigenvalue weighted by Crippen LogP contribution is -2.40. The highest BCUT2D eigenvalue weighted by molar-refractivity contribution is 7.17. The Kier molecular flexibility index (Phi) is 5.38. The third-order valence-corrected chi connectivity index (χ3v) is 5.41. The molecule has 0 aliphatic rings. The van der Waals surface area contributed by atoms with E-state index in [0.717, 1.165) is 28.0 Å². The molecule has 0 fully saturated rings. The summed E-state index contributed by atoms with van der Waals surface area (Å²) < 4.78 is 34.5. The van der Waals surface area contributed by atoms with E-state index in [2.05, 4.69) is 5.32 Å². The number of carbonyl (C=O) groups is 1. The predicted octanol–water partition coefficient (Wildman–Crippen LogP) is 3.14. The number of nitrogens with zero attached hydrogens (tertiary/aromatic N) is 2. The minimum Gasteiger partial charge on any atom is -0.497 e. The van der Waals surface area contributed by atoms with Crippen LogP contribution in [0, 0.1) is 11.6 Å². The average Bonchev–Trinajstić information content (AvgIpc) is 3.21. The van der Waals surface area contributed by atoms with E-state index in [4.69, 9.17) is 4.74 Å². The van der Waals surface area contributed by atoms with Crippen LogP contribution in [0.1, 0.15) is 0 Å². The first-order valence-corrected chi connectivity index (χ1v) is 9.89. The van der Waals surface area contributed by atoms with E-state index in [1.165, 1.54) is 13.2 Å². The Hall–Kier alpha value is -3.79. The van der Waals surface area contributed by atoms with Crippen molar-refractivity contribution in [1.82, 2.24) is 9.13 Å². The molecular weight excluding hydrogens is 428 g/mol. The van der Waals surface area contributed by atoms with Gasteiger partial charge in [-0.15, -0.1) is 11.3 Å². The Labute approximate surface area is 177 Å². The molecule has 0 spiro atoms. The van der Waals surface area contributed by atoms with Gasteiger partial charge in [0.15, 0.2) is 0 Å². The molecule has 2 aromatic carbocycles. The number of aromatic nitrogens is 2. The van der Waals surface area contributed by atoms with Gasteiger partial charge in [-0.25, -0.2) is 18.1 Å². The zero-order valence-electron chi connectivity index (χ0n) is 16.1. The predicted molar refractivity (Wildman–Crippen MR) is 113 cm³/mol. The van der Waals surface area contributed by atoms with Gasteiger partial charge < -0.3 is 10.1 Å². The van der Waals surface area contributed by atoms with Crippen molar-refractivity contribution >= 4 is 33.1 Å². The smallest absolute Gasteiger partial charge is 0.336 e. The van der Waals surface area contributed by atoms with Gasteiger partial charge in [-0.3, -0.25) is 14.2 Å². The molecular formula is C21H15F2N3O4S. The fourth-order valence-corrected chi connectivity index (χ4v) is 4.01. The molecule has 0 atom stereocenters. The Bertz CT molecular complexity index is 1400. The van der Waals surface area contributed by atoms with Gasteiger partial charge in [0, 0.05) is 17.8 Å². The number of hydrogen-bond acceptors (Lipinski definition) is 5. The van der Waals surface area contributed by atoms with Crippen LogP contribution in [0.15, 0.2) is 63.5 Å². The van der Waals surface area contributed by atoms with Crippen LogP contribution in [0.4, 0.5) is 14.5 Å². The first-order chi connectivity index (χ1) is 14.9. The minimum atomic E-state index is -0.935. The quantitative estimate of drug-likeness (QED) is 0.514. The van der Waals surface area contributed by atoms with Crippen LogP contribution in [-0.4, -0.2) is 22.2 Å². The van der Waals surface area contributed by atoms with Crippen LogP contribution in [0.25, 0.3) is 15.9 Å². The Balaban J connectivity index is 1.79. The first-order valence-electron chi connectivity index (χ1n) is 9.01. The molecule has 1 N–H and O–H groups in total. The van der Waals surface area contributed by atoms with Crippen LogP contribution < -0.4 is 21.3 Å². The molecule has 31 heavy (non-hydrogen) atoms. The number of anilines is 1. The summed E-state index contributed by atoms with van der Waals surface area (Å²) in [5, 5.41) is 4.25. The third-order valence-electron chi connectivity index (χ3n) is 4.52. The molecule has 10 heteroatoms. The van der Waals surface area contributed by atoms with E-state index in [1.54, 1.807) is 29.6 Å². The molecule has 2 aromatic heterocycles. The summed E-state index contributed by atoms with van der Waals surface area (Å²) in [4.78, 5) is 38.6. The van der Waals surface area contributed by atoms with Gasteiger partial charge in [0.2, 0.25) is 5.91 Å². The normalized spacial score (nSPS) is 10.9. The van der Waals surface area contributed by atoms with Gasteiger partial charge in [-0.1, -0.05) is 6.07 Å². The number of halogens is 2. The van der Waals surface area contributed by atoms with Gasteiger partial charge in [0.1, 0.15) is 28.6 Å². The van der Waals surface area contributed by atoms with Gasteiger partial charge in [0.05, 0.1) is 18.3 Å². The maximum absolute atomic E-state index is 13.7. The fraction of sp³-hybridized carbons (Fsp3) is 0.0952. The zero-order valence-corrected chi connectivity index (χ0v) is 16.9. The van der Waals surface area contributed by atoms with E-state index >= 15 is 0 Å². The largest absolute Gasteiger partial charge is 0.497 e. The zero-order chi connectivity index (χ0) is 22.1. The van der Waals surface area contributed by atoms with Gasteiger partial charge in [0.25, 0.3) is 5.56 Å². The summed E-state index contributed by atoms with van der Waals surface area (Å²) in [6.07, 6.45) is 0. The number of nitrogens with one attached hydrogen (secondary N) is 1. The summed E-state index contributed by atoms with van der Waals surface area (Å²) in [6, 6.07) is 10.6. The molecule has 0 unspecified atom stereocenters. The molecule has 7 nitrogen and oxygen atoms in total. The number of hydrogen-bond donors (Lipinski definition) is 1. The SMILES string of the molecule is COc1cccc(NC(=O)Cn2c(=O)n(-c3cc(F)cc(F)c3)c(=O)c3sccc32)c1. The van der Waals surface area contributed by atoms with Crippen LogP contribution >= 0.6 is 11.3 Å². The van der Waals surface area contributed by atoms with Gasteiger partial charge >= 0.3 is 5.69 Å². The number of methoxy groups -OCH3 is 1. The highest BCUT2D eigenvalue weighted by atomic mass is 32.1. The van der Waals surface area contributed by atoms with Crippen LogP contribution in [0.5, 0.6) is 5.75 Å². The molecule has 0 aliphatic heterocycles. The van der Waals surface area contributed by atoms with Crippen molar-refractivity contribution in [3.05, 3.63) is 86.4 Å². The number of carbonyl (C=O) groups excluding carboxylic acids is 1. The summed E-state index contributed by atoms with van der Waals surface area (Å²) >= 11 is 1.06. The highest BCUT2D eigenvalue weighted by Gasteiger charge is 2.18. The Morgan fingerprint density at radius 2 is 1.84 bits per heavy atom. The number of thiophene rings is 1. The molecule has 0 saturated heterocycles. The van der Waals surface area contributed by atoms with E-state index in [9.17, 15) is 23.2 Å². The topological polar surface area (TPSA) is 82.3 Å². The standard InChI is InChI=1S/C21H15F2N3O4S/c1-30-16-4-2-3-14(10-16)24-18(27)11-25-17-5-6-31-19(17)20(28)26(21(25)29)15-8-12(22)7-13(23)9-15/h2-10H,11H2,1H3,(H,24,27).